The molecule has 1 rings (SSSR count). The number of halogens is 1. The molecule has 1 aliphatic rings. The highest BCUT2D eigenvalue weighted by Gasteiger charge is 2.39. The number of hydrogen-bond acceptors (Lipinski definition) is 3. The summed E-state index contributed by atoms with van der Waals surface area (Å²) in [5.74, 6) is 0. The third kappa shape index (κ3) is 4.37. The normalized spacial score (nSPS) is 33.0. The molecule has 18 heavy (non-hydrogen) atoms. The van der Waals surface area contributed by atoms with Gasteiger partial charge >= 0.3 is 0 Å². The molecule has 2 N–H and O–H groups in total. The number of aliphatic hydroxyl groups is 2. The van der Waals surface area contributed by atoms with E-state index < -0.39 is 12.2 Å². The lowest BCUT2D eigenvalue weighted by Crippen LogP contribution is -2.57. The molecule has 0 bridgehead atoms. The van der Waals surface area contributed by atoms with Crippen molar-refractivity contribution in [1.82, 2.24) is 4.90 Å². The van der Waals surface area contributed by atoms with Gasteiger partial charge in [-0.15, -0.1) is 11.6 Å². The first-order valence-electron chi connectivity index (χ1n) is 7.36. The van der Waals surface area contributed by atoms with Gasteiger partial charge in [0.1, 0.15) is 0 Å². The third-order valence-corrected chi connectivity index (χ3v) is 4.35. The van der Waals surface area contributed by atoms with Crippen LogP contribution in [0.25, 0.3) is 0 Å². The van der Waals surface area contributed by atoms with Gasteiger partial charge in [-0.05, 0) is 38.8 Å². The minimum atomic E-state index is -0.607. The molecule has 3 nitrogen and oxygen atoms in total. The van der Waals surface area contributed by atoms with Crippen LogP contribution in [0.2, 0.25) is 0 Å². The monoisotopic (exact) mass is 277 g/mol. The number of rotatable bonds is 7. The van der Waals surface area contributed by atoms with Crippen LogP contribution in [0, 0.1) is 0 Å². The number of alkyl halides is 1. The van der Waals surface area contributed by atoms with Gasteiger partial charge in [-0.3, -0.25) is 4.90 Å². The molecule has 0 unspecified atom stereocenters. The van der Waals surface area contributed by atoms with E-state index in [1.807, 2.05) is 0 Å². The van der Waals surface area contributed by atoms with Crippen LogP contribution in [0.15, 0.2) is 0 Å². The number of unbranched alkanes of at least 4 members (excludes halogenated alkanes) is 2. The number of aliphatic hydroxyl groups excluding tert-OH is 2. The average Bonchev–Trinajstić information content (AvgIpc) is 2.36. The topological polar surface area (TPSA) is 43.7 Å². The van der Waals surface area contributed by atoms with E-state index >= 15 is 0 Å². The Morgan fingerprint density at radius 2 is 1.61 bits per heavy atom. The summed E-state index contributed by atoms with van der Waals surface area (Å²) in [7, 11) is 0. The molecule has 0 aromatic heterocycles. The zero-order valence-electron chi connectivity index (χ0n) is 11.7. The summed E-state index contributed by atoms with van der Waals surface area (Å²) < 4.78 is 0. The van der Waals surface area contributed by atoms with Gasteiger partial charge in [0, 0.05) is 0 Å². The van der Waals surface area contributed by atoms with Crippen molar-refractivity contribution >= 4 is 11.6 Å². The largest absolute Gasteiger partial charge is 0.391 e. The molecule has 0 saturated heterocycles. The summed E-state index contributed by atoms with van der Waals surface area (Å²) in [4.78, 5) is 2.25. The zero-order valence-corrected chi connectivity index (χ0v) is 12.4. The fraction of sp³-hybridized carbons (Fsp3) is 1.00. The maximum Gasteiger partial charge on any atom is 0.0883 e. The summed E-state index contributed by atoms with van der Waals surface area (Å²) in [5, 5.41) is 20.2. The molecular weight excluding hydrogens is 250 g/mol. The lowest BCUT2D eigenvalue weighted by atomic mass is 9.88. The molecule has 1 fully saturated rings. The fourth-order valence-electron chi connectivity index (χ4n) is 2.70. The molecule has 1 aliphatic carbocycles. The Hall–Kier alpha value is 0.170. The Morgan fingerprint density at radius 3 is 2.11 bits per heavy atom. The molecule has 0 spiro atoms. The highest BCUT2D eigenvalue weighted by Crippen LogP contribution is 2.28. The van der Waals surface area contributed by atoms with Gasteiger partial charge in [-0.2, -0.15) is 0 Å². The molecule has 4 atom stereocenters. The van der Waals surface area contributed by atoms with E-state index in [2.05, 4.69) is 18.7 Å². The minimum absolute atomic E-state index is 0.181. The maximum atomic E-state index is 10.2. The quantitative estimate of drug-likeness (QED) is 0.702. The van der Waals surface area contributed by atoms with Crippen LogP contribution in [0.4, 0.5) is 0 Å². The van der Waals surface area contributed by atoms with Crippen molar-refractivity contribution in [3.63, 3.8) is 0 Å². The second kappa shape index (κ2) is 8.36. The van der Waals surface area contributed by atoms with Crippen molar-refractivity contribution < 1.29 is 10.2 Å². The van der Waals surface area contributed by atoms with Gasteiger partial charge in [-0.25, -0.2) is 0 Å². The van der Waals surface area contributed by atoms with Crippen molar-refractivity contribution in [3.05, 3.63) is 0 Å². The van der Waals surface area contributed by atoms with E-state index in [4.69, 9.17) is 11.6 Å². The van der Waals surface area contributed by atoms with Crippen molar-refractivity contribution in [2.75, 3.05) is 13.1 Å². The van der Waals surface area contributed by atoms with E-state index in [9.17, 15) is 10.2 Å². The van der Waals surface area contributed by atoms with Gasteiger partial charge in [0.15, 0.2) is 0 Å². The Labute approximate surface area is 116 Å². The predicted molar refractivity (Wildman–Crippen MR) is 76.1 cm³/mol. The summed E-state index contributed by atoms with van der Waals surface area (Å²) >= 11 is 6.15. The second-order valence-corrected chi connectivity index (χ2v) is 5.95. The second-order valence-electron chi connectivity index (χ2n) is 5.38. The first-order chi connectivity index (χ1) is 8.61. The maximum absolute atomic E-state index is 10.2. The summed E-state index contributed by atoms with van der Waals surface area (Å²) in [6.07, 6.45) is 4.82. The molecule has 108 valence electrons. The van der Waals surface area contributed by atoms with Crippen LogP contribution in [0.1, 0.15) is 52.4 Å². The summed E-state index contributed by atoms with van der Waals surface area (Å²) in [6, 6.07) is -0.181. The average molecular weight is 278 g/mol. The van der Waals surface area contributed by atoms with Crippen molar-refractivity contribution in [3.8, 4) is 0 Å². The van der Waals surface area contributed by atoms with Crippen LogP contribution in [0.5, 0.6) is 0 Å². The van der Waals surface area contributed by atoms with Crippen molar-refractivity contribution in [1.29, 1.82) is 0 Å². The molecule has 1 saturated carbocycles. The van der Waals surface area contributed by atoms with E-state index in [0.29, 0.717) is 12.8 Å². The molecule has 0 aliphatic heterocycles. The van der Waals surface area contributed by atoms with Crippen LogP contribution >= 0.6 is 11.6 Å². The smallest absolute Gasteiger partial charge is 0.0883 e. The highest BCUT2D eigenvalue weighted by atomic mass is 35.5. The van der Waals surface area contributed by atoms with Crippen LogP contribution in [-0.4, -0.2) is 51.8 Å². The van der Waals surface area contributed by atoms with Gasteiger partial charge in [0.2, 0.25) is 0 Å². The number of nitrogens with zero attached hydrogens (tertiary/aromatic N) is 1. The van der Waals surface area contributed by atoms with Crippen LogP contribution in [0.3, 0.4) is 0 Å². The van der Waals surface area contributed by atoms with Crippen LogP contribution < -0.4 is 0 Å². The Morgan fingerprint density at radius 1 is 1.06 bits per heavy atom. The van der Waals surface area contributed by atoms with Gasteiger partial charge in [-0.1, -0.05) is 26.7 Å². The van der Waals surface area contributed by atoms with Gasteiger partial charge < -0.3 is 10.2 Å². The van der Waals surface area contributed by atoms with E-state index in [0.717, 1.165) is 38.8 Å². The number of hydrogen-bond donors (Lipinski definition) is 2. The highest BCUT2D eigenvalue weighted by molar-refractivity contribution is 6.21. The Kier molecular flexibility index (Phi) is 7.54. The molecule has 0 amide bonds. The summed E-state index contributed by atoms with van der Waals surface area (Å²) in [6.45, 7) is 6.21. The Bertz CT molecular complexity index is 220. The molecule has 4 heteroatoms. The van der Waals surface area contributed by atoms with Crippen molar-refractivity contribution in [2.24, 2.45) is 0 Å². The molecule has 0 radical (unpaired) electrons. The van der Waals surface area contributed by atoms with Crippen molar-refractivity contribution in [2.45, 2.75) is 76.0 Å². The standard InChI is InChI=1S/C14H28ClNO2/c1-3-5-9-16(10-6-4-2)13-12(17)8-7-11(15)14(13)18/h11-14,17-18H,3-10H2,1-2H3/t11-,12+,13-,14+/m0/s1. The lowest BCUT2D eigenvalue weighted by molar-refractivity contribution is -0.0547. The SMILES string of the molecule is CCCCN(CCCC)[C@@H]1[C@H](O)[C@@H](Cl)CC[C@H]1O. The zero-order chi connectivity index (χ0) is 13.5. The summed E-state index contributed by atoms with van der Waals surface area (Å²) in [5.41, 5.74) is 0. The first-order valence-corrected chi connectivity index (χ1v) is 7.79. The van der Waals surface area contributed by atoms with Gasteiger partial charge in [0.05, 0.1) is 23.6 Å². The molecule has 0 heterocycles. The van der Waals surface area contributed by atoms with E-state index in [1.54, 1.807) is 0 Å². The van der Waals surface area contributed by atoms with Crippen LogP contribution in [-0.2, 0) is 0 Å². The molecule has 0 aromatic carbocycles. The fourth-order valence-corrected chi connectivity index (χ4v) is 2.98. The van der Waals surface area contributed by atoms with E-state index in [1.165, 1.54) is 0 Å². The lowest BCUT2D eigenvalue weighted by Gasteiger charge is -2.42. The van der Waals surface area contributed by atoms with Gasteiger partial charge in [0.25, 0.3) is 0 Å². The third-order valence-electron chi connectivity index (χ3n) is 3.87. The minimum Gasteiger partial charge on any atom is -0.391 e. The van der Waals surface area contributed by atoms with E-state index in [-0.39, 0.29) is 11.4 Å². The predicted octanol–water partition coefficient (Wildman–Crippen LogP) is 2.38. The molecular formula is C14H28ClNO2. The molecule has 0 aromatic rings. The first kappa shape index (κ1) is 16.2. The Balaban J connectivity index is 2.66.